The normalized spacial score (nSPS) is 11.7. The van der Waals surface area contributed by atoms with Crippen LogP contribution in [0.15, 0.2) is 156 Å². The van der Waals surface area contributed by atoms with E-state index < -0.39 is 0 Å². The van der Waals surface area contributed by atoms with Crippen molar-refractivity contribution in [3.63, 3.8) is 0 Å². The van der Waals surface area contributed by atoms with Gasteiger partial charge in [-0.15, -0.1) is 10.2 Å². The number of aromatic nitrogens is 3. The topological polar surface area (TPSA) is 47.1 Å². The monoisotopic (exact) mass is 610 g/mol. The van der Waals surface area contributed by atoms with Crippen molar-refractivity contribution in [3.05, 3.63) is 157 Å². The van der Waals surface area contributed by atoms with E-state index in [2.05, 4.69) is 162 Å². The van der Waals surface area contributed by atoms with Gasteiger partial charge in [-0.3, -0.25) is 0 Å². The van der Waals surface area contributed by atoms with Crippen molar-refractivity contribution in [1.82, 2.24) is 14.8 Å². The molecule has 0 radical (unpaired) electrons. The lowest BCUT2D eigenvalue weighted by Crippen LogP contribution is -2.10. The minimum Gasteiger partial charge on any atom is -0.416 e. The van der Waals surface area contributed by atoms with Crippen LogP contribution in [-0.4, -0.2) is 14.8 Å². The van der Waals surface area contributed by atoms with Crippen LogP contribution in [0.1, 0.15) is 26.3 Å². The van der Waals surface area contributed by atoms with E-state index in [4.69, 9.17) is 4.42 Å². The zero-order chi connectivity index (χ0) is 32.0. The summed E-state index contributed by atoms with van der Waals surface area (Å²) in [6, 6.07) is 53.1. The van der Waals surface area contributed by atoms with Crippen LogP contribution in [0.4, 0.5) is 17.1 Å². The van der Waals surface area contributed by atoms with Crippen LogP contribution in [0.3, 0.4) is 0 Å². The minimum absolute atomic E-state index is 0.0840. The Hall–Kier alpha value is -5.94. The number of rotatable bonds is 6. The fourth-order valence-electron chi connectivity index (χ4n) is 6.30. The summed E-state index contributed by atoms with van der Waals surface area (Å²) in [4.78, 5) is 2.29. The van der Waals surface area contributed by atoms with Crippen LogP contribution in [0.5, 0.6) is 0 Å². The molecule has 8 rings (SSSR count). The van der Waals surface area contributed by atoms with E-state index in [-0.39, 0.29) is 5.41 Å². The molecule has 0 N–H and O–H groups in total. The van der Waals surface area contributed by atoms with Crippen LogP contribution in [-0.2, 0) is 5.41 Å². The maximum atomic E-state index is 6.14. The molecule has 0 fully saturated rings. The molecular formula is C42H34N4O. The van der Waals surface area contributed by atoms with Crippen molar-refractivity contribution in [1.29, 1.82) is 0 Å². The van der Waals surface area contributed by atoms with Gasteiger partial charge in [-0.25, -0.2) is 0 Å². The van der Waals surface area contributed by atoms with Crippen LogP contribution < -0.4 is 4.90 Å². The maximum Gasteiger partial charge on any atom is 0.248 e. The first-order valence-corrected chi connectivity index (χ1v) is 15.9. The first-order valence-electron chi connectivity index (χ1n) is 15.9. The summed E-state index contributed by atoms with van der Waals surface area (Å²) in [5.74, 6) is 1.01. The molecule has 0 aliphatic rings. The summed E-state index contributed by atoms with van der Waals surface area (Å²) in [7, 11) is 0. The van der Waals surface area contributed by atoms with Crippen molar-refractivity contribution in [2.24, 2.45) is 0 Å². The van der Waals surface area contributed by atoms with Crippen molar-refractivity contribution >= 4 is 38.9 Å². The second kappa shape index (κ2) is 11.5. The summed E-state index contributed by atoms with van der Waals surface area (Å²) in [5, 5.41) is 11.2. The largest absolute Gasteiger partial charge is 0.416 e. The van der Waals surface area contributed by atoms with Gasteiger partial charge in [-0.1, -0.05) is 87.5 Å². The Balaban J connectivity index is 1.17. The third-order valence-corrected chi connectivity index (χ3v) is 8.74. The van der Waals surface area contributed by atoms with Crippen molar-refractivity contribution < 1.29 is 4.42 Å². The number of para-hydroxylation sites is 3. The molecule has 5 heteroatoms. The molecule has 0 amide bonds. The number of hydrogen-bond acceptors (Lipinski definition) is 4. The quantitative estimate of drug-likeness (QED) is 0.188. The van der Waals surface area contributed by atoms with Gasteiger partial charge in [0.05, 0.1) is 11.0 Å². The Bertz CT molecular complexity index is 2310. The Labute approximate surface area is 274 Å². The predicted octanol–water partition coefficient (Wildman–Crippen LogP) is 11.3. The highest BCUT2D eigenvalue weighted by molar-refractivity contribution is 6.10. The Kier molecular flexibility index (Phi) is 6.95. The van der Waals surface area contributed by atoms with E-state index in [0.29, 0.717) is 11.8 Å². The fraction of sp³-hybridized carbons (Fsp3) is 0.0952. The number of fused-ring (bicyclic) bond motifs is 3. The molecular weight excluding hydrogens is 576 g/mol. The number of benzene rings is 6. The lowest BCUT2D eigenvalue weighted by Gasteiger charge is -2.25. The second-order valence-corrected chi connectivity index (χ2v) is 12.8. The van der Waals surface area contributed by atoms with E-state index in [1.807, 2.05) is 30.3 Å². The van der Waals surface area contributed by atoms with E-state index in [1.165, 1.54) is 27.4 Å². The van der Waals surface area contributed by atoms with Gasteiger partial charge in [0, 0.05) is 44.6 Å². The molecule has 0 aliphatic heterocycles. The van der Waals surface area contributed by atoms with Crippen molar-refractivity contribution in [2.45, 2.75) is 26.2 Å². The molecule has 5 nitrogen and oxygen atoms in total. The van der Waals surface area contributed by atoms with Gasteiger partial charge in [-0.05, 0) is 95.9 Å². The second-order valence-electron chi connectivity index (χ2n) is 12.8. The van der Waals surface area contributed by atoms with E-state index >= 15 is 0 Å². The SMILES string of the molecule is CC(C)(C)c1ccc(-c2nnc(-c3ccc(N(c4ccccc4)c4ccc5c(c4)c4ccccc4n5-c4ccccc4)cc3)o2)cc1. The van der Waals surface area contributed by atoms with E-state index in [0.717, 1.165) is 33.9 Å². The van der Waals surface area contributed by atoms with Gasteiger partial charge >= 0.3 is 0 Å². The van der Waals surface area contributed by atoms with Crippen molar-refractivity contribution in [3.8, 4) is 28.6 Å². The molecule has 2 heterocycles. The lowest BCUT2D eigenvalue weighted by molar-refractivity contribution is 0.582. The molecule has 0 aliphatic carbocycles. The van der Waals surface area contributed by atoms with Gasteiger partial charge in [0.2, 0.25) is 11.8 Å². The van der Waals surface area contributed by atoms with E-state index in [1.54, 1.807) is 0 Å². The van der Waals surface area contributed by atoms with Crippen molar-refractivity contribution in [2.75, 3.05) is 4.90 Å². The van der Waals surface area contributed by atoms with Crippen LogP contribution >= 0.6 is 0 Å². The molecule has 0 unspecified atom stereocenters. The third-order valence-electron chi connectivity index (χ3n) is 8.74. The summed E-state index contributed by atoms with van der Waals surface area (Å²) >= 11 is 0. The number of anilines is 3. The van der Waals surface area contributed by atoms with Crippen LogP contribution in [0.2, 0.25) is 0 Å². The molecule has 228 valence electrons. The summed E-state index contributed by atoms with van der Waals surface area (Å²) < 4.78 is 8.48. The maximum absolute atomic E-state index is 6.14. The Morgan fingerprint density at radius 1 is 0.511 bits per heavy atom. The molecule has 2 aromatic heterocycles. The Morgan fingerprint density at radius 3 is 1.70 bits per heavy atom. The fourth-order valence-corrected chi connectivity index (χ4v) is 6.30. The molecule has 8 aromatic rings. The zero-order valence-electron chi connectivity index (χ0n) is 26.6. The van der Waals surface area contributed by atoms with Gasteiger partial charge in [0.1, 0.15) is 0 Å². The zero-order valence-corrected chi connectivity index (χ0v) is 26.6. The van der Waals surface area contributed by atoms with Gasteiger partial charge in [-0.2, -0.15) is 0 Å². The first kappa shape index (κ1) is 28.5. The van der Waals surface area contributed by atoms with Gasteiger partial charge in [0.25, 0.3) is 0 Å². The average Bonchev–Trinajstić information content (AvgIpc) is 3.73. The molecule has 47 heavy (non-hydrogen) atoms. The third kappa shape index (κ3) is 5.26. The van der Waals surface area contributed by atoms with Gasteiger partial charge in [0.15, 0.2) is 0 Å². The summed E-state index contributed by atoms with van der Waals surface area (Å²) in [5.41, 5.74) is 9.81. The average molecular weight is 611 g/mol. The van der Waals surface area contributed by atoms with Crippen LogP contribution in [0, 0.1) is 0 Å². The molecule has 0 saturated carbocycles. The molecule has 0 spiro atoms. The lowest BCUT2D eigenvalue weighted by atomic mass is 9.87. The van der Waals surface area contributed by atoms with Crippen LogP contribution in [0.25, 0.3) is 50.4 Å². The Morgan fingerprint density at radius 2 is 1.04 bits per heavy atom. The number of nitrogens with zero attached hydrogens (tertiary/aromatic N) is 4. The molecule has 0 bridgehead atoms. The number of hydrogen-bond donors (Lipinski definition) is 0. The smallest absolute Gasteiger partial charge is 0.248 e. The van der Waals surface area contributed by atoms with Gasteiger partial charge < -0.3 is 13.9 Å². The standard InChI is InChI=1S/C42H34N4O/c1-42(2,3)31-22-18-29(19-23-31)40-43-44-41(47-40)30-20-24-34(25-21-30)45(32-12-6-4-7-13-32)35-26-27-39-37(28-35)36-16-10-11-17-38(36)46(39)33-14-8-5-9-15-33/h4-28H,1-3H3. The predicted molar refractivity (Wildman–Crippen MR) is 193 cm³/mol. The van der Waals surface area contributed by atoms with E-state index in [9.17, 15) is 0 Å². The first-order chi connectivity index (χ1) is 22.9. The summed E-state index contributed by atoms with van der Waals surface area (Å²) in [6.07, 6.45) is 0. The highest BCUT2D eigenvalue weighted by Gasteiger charge is 2.19. The molecule has 0 atom stereocenters. The highest BCUT2D eigenvalue weighted by Crippen LogP contribution is 2.40. The summed E-state index contributed by atoms with van der Waals surface area (Å²) in [6.45, 7) is 6.62. The highest BCUT2D eigenvalue weighted by atomic mass is 16.4. The molecule has 0 saturated heterocycles. The minimum atomic E-state index is 0.0840. The molecule has 6 aromatic carbocycles.